The van der Waals surface area contributed by atoms with Gasteiger partial charge in [-0.05, 0) is 24.3 Å². The average Bonchev–Trinajstić information content (AvgIpc) is 2.55. The third-order valence-electron chi connectivity index (χ3n) is 2.43. The molecule has 0 saturated carbocycles. The third-order valence-corrected chi connectivity index (χ3v) is 2.43. The van der Waals surface area contributed by atoms with Crippen LogP contribution in [0.15, 0.2) is 24.3 Å². The summed E-state index contributed by atoms with van der Waals surface area (Å²) in [6, 6.07) is 8.31. The van der Waals surface area contributed by atoms with Crippen molar-refractivity contribution in [2.75, 3.05) is 0 Å². The summed E-state index contributed by atoms with van der Waals surface area (Å²) < 4.78 is 26.6. The van der Waals surface area contributed by atoms with Gasteiger partial charge < -0.3 is 4.57 Å². The highest BCUT2D eigenvalue weighted by molar-refractivity contribution is 5.82. The van der Waals surface area contributed by atoms with Crippen molar-refractivity contribution in [1.29, 1.82) is 5.26 Å². The number of hydrogen-bond donors (Lipinski definition) is 0. The number of aromatic nitrogens is 1. The van der Waals surface area contributed by atoms with Crippen LogP contribution in [0.4, 0.5) is 8.78 Å². The monoisotopic (exact) mass is 206 g/mol. The highest BCUT2D eigenvalue weighted by Crippen LogP contribution is 2.26. The molecule has 0 aliphatic carbocycles. The van der Waals surface area contributed by atoms with Gasteiger partial charge in [-0.1, -0.05) is 0 Å². The van der Waals surface area contributed by atoms with Gasteiger partial charge in [0.05, 0.1) is 17.3 Å². The number of nitriles is 1. The summed E-state index contributed by atoms with van der Waals surface area (Å²) in [5.41, 5.74) is 1.17. The van der Waals surface area contributed by atoms with Crippen molar-refractivity contribution in [3.05, 3.63) is 35.5 Å². The van der Waals surface area contributed by atoms with Crippen LogP contribution in [0.5, 0.6) is 0 Å². The predicted molar refractivity (Wildman–Crippen MR) is 52.6 cm³/mol. The number of benzene rings is 1. The molecule has 0 spiro atoms. The van der Waals surface area contributed by atoms with Gasteiger partial charge in [-0.2, -0.15) is 5.26 Å². The van der Waals surface area contributed by atoms with E-state index < -0.39 is 6.43 Å². The molecule has 0 bridgehead atoms. The minimum atomic E-state index is -2.49. The lowest BCUT2D eigenvalue weighted by Gasteiger charge is -2.01. The van der Waals surface area contributed by atoms with Crippen LogP contribution in [0.3, 0.4) is 0 Å². The van der Waals surface area contributed by atoms with Crippen molar-refractivity contribution in [3.63, 3.8) is 0 Å². The van der Waals surface area contributed by atoms with Crippen LogP contribution in [0.1, 0.15) is 17.7 Å². The zero-order chi connectivity index (χ0) is 11.0. The summed E-state index contributed by atoms with van der Waals surface area (Å²) in [6.45, 7) is 0. The van der Waals surface area contributed by atoms with Gasteiger partial charge in [-0.3, -0.25) is 0 Å². The molecule has 0 unspecified atom stereocenters. The standard InChI is InChI=1S/C11H8F2N2/c1-15-9-3-2-7(6-14)4-8(9)5-10(15)11(12)13/h2-5,11H,1H3. The minimum Gasteiger partial charge on any atom is -0.343 e. The Balaban J connectivity index is 2.72. The van der Waals surface area contributed by atoms with Gasteiger partial charge in [0.15, 0.2) is 0 Å². The van der Waals surface area contributed by atoms with Gasteiger partial charge in [-0.15, -0.1) is 0 Å². The van der Waals surface area contributed by atoms with E-state index >= 15 is 0 Å². The Labute approximate surface area is 85.4 Å². The molecule has 0 fully saturated rings. The Morgan fingerprint density at radius 2 is 2.07 bits per heavy atom. The number of aryl methyl sites for hydroxylation is 1. The number of fused-ring (bicyclic) bond motifs is 1. The first kappa shape index (κ1) is 9.66. The van der Waals surface area contributed by atoms with E-state index in [2.05, 4.69) is 0 Å². The molecule has 1 aromatic carbocycles. The van der Waals surface area contributed by atoms with Gasteiger partial charge in [0.2, 0.25) is 0 Å². The molecule has 15 heavy (non-hydrogen) atoms. The molecule has 0 amide bonds. The van der Waals surface area contributed by atoms with Crippen LogP contribution in [0, 0.1) is 11.3 Å². The van der Waals surface area contributed by atoms with Crippen LogP contribution >= 0.6 is 0 Å². The normalized spacial score (nSPS) is 10.9. The number of alkyl halides is 2. The van der Waals surface area contributed by atoms with E-state index in [0.29, 0.717) is 16.5 Å². The van der Waals surface area contributed by atoms with Crippen LogP contribution in [-0.4, -0.2) is 4.57 Å². The SMILES string of the molecule is Cn1c(C(F)F)cc2cc(C#N)ccc21. The second kappa shape index (κ2) is 3.35. The number of rotatable bonds is 1. The summed E-state index contributed by atoms with van der Waals surface area (Å²) in [6.07, 6.45) is -2.49. The highest BCUT2D eigenvalue weighted by atomic mass is 19.3. The molecule has 0 saturated heterocycles. The largest absolute Gasteiger partial charge is 0.343 e. The molecule has 4 heteroatoms. The van der Waals surface area contributed by atoms with E-state index in [4.69, 9.17) is 5.26 Å². The Bertz CT molecular complexity index is 549. The quantitative estimate of drug-likeness (QED) is 0.705. The topological polar surface area (TPSA) is 28.7 Å². The minimum absolute atomic E-state index is 0.0277. The number of halogens is 2. The lowest BCUT2D eigenvalue weighted by molar-refractivity contribution is 0.143. The molecule has 1 heterocycles. The van der Waals surface area contributed by atoms with Gasteiger partial charge in [0, 0.05) is 18.0 Å². The van der Waals surface area contributed by atoms with Gasteiger partial charge >= 0.3 is 0 Å². The van der Waals surface area contributed by atoms with E-state index in [1.807, 2.05) is 6.07 Å². The first-order valence-corrected chi connectivity index (χ1v) is 4.41. The smallest absolute Gasteiger partial charge is 0.278 e. The third kappa shape index (κ3) is 1.46. The molecular formula is C11H8F2N2. The van der Waals surface area contributed by atoms with Gasteiger partial charge in [0.25, 0.3) is 6.43 Å². The summed E-state index contributed by atoms with van der Waals surface area (Å²) in [7, 11) is 1.59. The summed E-state index contributed by atoms with van der Waals surface area (Å²) >= 11 is 0. The second-order valence-corrected chi connectivity index (χ2v) is 3.31. The van der Waals surface area contributed by atoms with Crippen LogP contribution in [0.25, 0.3) is 10.9 Å². The lowest BCUT2D eigenvalue weighted by atomic mass is 10.2. The Morgan fingerprint density at radius 3 is 2.67 bits per heavy atom. The van der Waals surface area contributed by atoms with E-state index in [-0.39, 0.29) is 5.69 Å². The van der Waals surface area contributed by atoms with E-state index in [9.17, 15) is 8.78 Å². The zero-order valence-corrected chi connectivity index (χ0v) is 8.04. The fourth-order valence-corrected chi connectivity index (χ4v) is 1.65. The molecular weight excluding hydrogens is 198 g/mol. The molecule has 76 valence electrons. The molecule has 2 nitrogen and oxygen atoms in total. The Kier molecular flexibility index (Phi) is 2.16. The summed E-state index contributed by atoms with van der Waals surface area (Å²) in [5.74, 6) is 0. The second-order valence-electron chi connectivity index (χ2n) is 3.31. The number of nitrogens with zero attached hydrogens (tertiary/aromatic N) is 2. The van der Waals surface area contributed by atoms with E-state index in [1.165, 1.54) is 10.6 Å². The van der Waals surface area contributed by atoms with Crippen molar-refractivity contribution in [3.8, 4) is 6.07 Å². The number of hydrogen-bond acceptors (Lipinski definition) is 1. The lowest BCUT2D eigenvalue weighted by Crippen LogP contribution is -1.95. The molecule has 0 aliphatic heterocycles. The summed E-state index contributed by atoms with van der Waals surface area (Å²) in [5, 5.41) is 9.35. The maximum Gasteiger partial charge on any atom is 0.278 e. The van der Waals surface area contributed by atoms with Crippen LogP contribution in [0.2, 0.25) is 0 Å². The molecule has 2 rings (SSSR count). The van der Waals surface area contributed by atoms with Crippen molar-refractivity contribution >= 4 is 10.9 Å². The van der Waals surface area contributed by atoms with Crippen LogP contribution in [-0.2, 0) is 7.05 Å². The first-order chi connectivity index (χ1) is 7.13. The molecule has 1 aromatic heterocycles. The van der Waals surface area contributed by atoms with Crippen molar-refractivity contribution in [2.45, 2.75) is 6.43 Å². The van der Waals surface area contributed by atoms with Gasteiger partial charge in [0.1, 0.15) is 0 Å². The predicted octanol–water partition coefficient (Wildman–Crippen LogP) is 2.99. The highest BCUT2D eigenvalue weighted by Gasteiger charge is 2.14. The van der Waals surface area contributed by atoms with E-state index in [1.54, 1.807) is 25.2 Å². The van der Waals surface area contributed by atoms with Crippen molar-refractivity contribution < 1.29 is 8.78 Å². The van der Waals surface area contributed by atoms with Gasteiger partial charge in [-0.25, -0.2) is 8.78 Å². The average molecular weight is 206 g/mol. The first-order valence-electron chi connectivity index (χ1n) is 4.41. The maximum absolute atomic E-state index is 12.6. The summed E-state index contributed by atoms with van der Waals surface area (Å²) in [4.78, 5) is 0. The molecule has 0 aliphatic rings. The van der Waals surface area contributed by atoms with E-state index in [0.717, 1.165) is 0 Å². The Morgan fingerprint density at radius 1 is 1.33 bits per heavy atom. The van der Waals surface area contributed by atoms with Crippen molar-refractivity contribution in [1.82, 2.24) is 4.57 Å². The molecule has 0 atom stereocenters. The zero-order valence-electron chi connectivity index (χ0n) is 8.04. The molecule has 0 radical (unpaired) electrons. The molecule has 0 N–H and O–H groups in total. The van der Waals surface area contributed by atoms with Crippen LogP contribution < -0.4 is 0 Å². The fourth-order valence-electron chi connectivity index (χ4n) is 1.65. The fraction of sp³-hybridized carbons (Fsp3) is 0.182. The van der Waals surface area contributed by atoms with Crippen molar-refractivity contribution in [2.24, 2.45) is 7.05 Å². The molecule has 2 aromatic rings. The maximum atomic E-state index is 12.6. The Hall–Kier alpha value is -1.89.